The van der Waals surface area contributed by atoms with E-state index in [2.05, 4.69) is 35.8 Å². The molecule has 0 bridgehead atoms. The summed E-state index contributed by atoms with van der Waals surface area (Å²) in [6.45, 7) is 1.51. The minimum atomic E-state index is -4.79. The van der Waals surface area contributed by atoms with E-state index in [0.717, 1.165) is 0 Å². The molecule has 226 valence electrons. The van der Waals surface area contributed by atoms with Crippen LogP contribution in [0.4, 0.5) is 13.2 Å². The maximum Gasteiger partial charge on any atom is 0.455 e. The van der Waals surface area contributed by atoms with Gasteiger partial charge < -0.3 is 5.32 Å². The Balaban J connectivity index is 1.46. The van der Waals surface area contributed by atoms with Gasteiger partial charge in [-0.1, -0.05) is 40.9 Å². The highest BCUT2D eigenvalue weighted by atomic mass is 35.5. The molecule has 4 heterocycles. The molecule has 0 saturated carbocycles. The SMILES string of the molecule is Cc1cc(Cl)cc(C(=O)NCc2ccc(Cl)nc2)c1CC(=O)c1cc(Cn2nnc(C(F)(F)F)n2)nn1-c1ncccc1Cl. The van der Waals surface area contributed by atoms with E-state index < -0.39 is 23.7 Å². The maximum atomic E-state index is 13.8. The second-order valence-electron chi connectivity index (χ2n) is 9.40. The fourth-order valence-corrected chi connectivity index (χ4v) is 4.81. The first-order chi connectivity index (χ1) is 20.9. The number of carbonyl (C=O) groups is 2. The Morgan fingerprint density at radius 2 is 1.82 bits per heavy atom. The first-order valence-electron chi connectivity index (χ1n) is 12.6. The number of rotatable bonds is 9. The lowest BCUT2D eigenvalue weighted by atomic mass is 9.95. The maximum absolute atomic E-state index is 13.8. The molecule has 11 nitrogen and oxygen atoms in total. The summed E-state index contributed by atoms with van der Waals surface area (Å²) >= 11 is 18.4. The van der Waals surface area contributed by atoms with Crippen molar-refractivity contribution in [3.05, 3.63) is 110 Å². The van der Waals surface area contributed by atoms with Crippen molar-refractivity contribution < 1.29 is 22.8 Å². The van der Waals surface area contributed by atoms with Crippen molar-refractivity contribution in [3.8, 4) is 5.82 Å². The molecule has 1 amide bonds. The van der Waals surface area contributed by atoms with Crippen LogP contribution in [-0.4, -0.2) is 51.6 Å². The van der Waals surface area contributed by atoms with Crippen LogP contribution in [0.2, 0.25) is 15.2 Å². The Morgan fingerprint density at radius 3 is 2.50 bits per heavy atom. The van der Waals surface area contributed by atoms with E-state index in [0.29, 0.717) is 31.7 Å². The first-order valence-corrected chi connectivity index (χ1v) is 13.8. The molecule has 0 saturated heterocycles. The lowest BCUT2D eigenvalue weighted by molar-refractivity contribution is -0.145. The molecule has 4 aromatic heterocycles. The van der Waals surface area contributed by atoms with Crippen LogP contribution in [0.3, 0.4) is 0 Å². The summed E-state index contributed by atoms with van der Waals surface area (Å²) in [6.07, 6.45) is -2.08. The van der Waals surface area contributed by atoms with E-state index >= 15 is 0 Å². The number of nitrogens with one attached hydrogen (secondary N) is 1. The molecule has 0 unspecified atom stereocenters. The van der Waals surface area contributed by atoms with Gasteiger partial charge >= 0.3 is 6.18 Å². The molecule has 5 aromatic rings. The monoisotopic (exact) mass is 663 g/mol. The van der Waals surface area contributed by atoms with Gasteiger partial charge in [0, 0.05) is 35.9 Å². The molecule has 0 aliphatic rings. The molecule has 1 aromatic carbocycles. The minimum Gasteiger partial charge on any atom is -0.348 e. The number of hydrogen-bond donors (Lipinski definition) is 1. The number of aromatic nitrogens is 8. The fraction of sp³-hybridized carbons (Fsp3) is 0.185. The van der Waals surface area contributed by atoms with E-state index in [-0.39, 0.29) is 47.3 Å². The van der Waals surface area contributed by atoms with E-state index in [1.165, 1.54) is 35.3 Å². The van der Waals surface area contributed by atoms with E-state index in [1.807, 2.05) is 0 Å². The molecule has 5 rings (SSSR count). The third-order valence-corrected chi connectivity index (χ3v) is 6.99. The van der Waals surface area contributed by atoms with Crippen molar-refractivity contribution in [1.29, 1.82) is 0 Å². The summed E-state index contributed by atoms with van der Waals surface area (Å²) in [5, 5.41) is 17.7. The second kappa shape index (κ2) is 12.7. The smallest absolute Gasteiger partial charge is 0.348 e. The predicted octanol–water partition coefficient (Wildman–Crippen LogP) is 5.34. The van der Waals surface area contributed by atoms with Crippen LogP contribution in [0.1, 0.15) is 49.1 Å². The van der Waals surface area contributed by atoms with Gasteiger partial charge in [0.05, 0.1) is 10.7 Å². The summed E-state index contributed by atoms with van der Waals surface area (Å²) in [4.78, 5) is 36.0. The van der Waals surface area contributed by atoms with Crippen molar-refractivity contribution >= 4 is 46.5 Å². The number of aryl methyl sites for hydroxylation is 1. The average molecular weight is 665 g/mol. The van der Waals surface area contributed by atoms with Crippen LogP contribution in [-0.2, 0) is 25.7 Å². The summed E-state index contributed by atoms with van der Waals surface area (Å²) in [7, 11) is 0. The zero-order valence-corrected chi connectivity index (χ0v) is 24.7. The molecule has 1 N–H and O–H groups in total. The van der Waals surface area contributed by atoms with Gasteiger partial charge in [-0.15, -0.1) is 10.2 Å². The molecular weight excluding hydrogens is 646 g/mol. The number of alkyl halides is 3. The second-order valence-corrected chi connectivity index (χ2v) is 10.6. The number of benzene rings is 1. The van der Waals surface area contributed by atoms with Crippen molar-refractivity contribution in [3.63, 3.8) is 0 Å². The van der Waals surface area contributed by atoms with E-state index in [1.54, 1.807) is 31.2 Å². The van der Waals surface area contributed by atoms with Crippen LogP contribution in [0.5, 0.6) is 0 Å². The lowest BCUT2D eigenvalue weighted by Crippen LogP contribution is -2.25. The molecule has 17 heteroatoms. The van der Waals surface area contributed by atoms with Crippen molar-refractivity contribution in [2.24, 2.45) is 0 Å². The number of amides is 1. The minimum absolute atomic E-state index is 0.00436. The van der Waals surface area contributed by atoms with Gasteiger partial charge in [-0.05, 0) is 65.2 Å². The first kappa shape index (κ1) is 31.0. The topological polar surface area (TPSA) is 133 Å². The summed E-state index contributed by atoms with van der Waals surface area (Å²) in [5.74, 6) is -2.28. The van der Waals surface area contributed by atoms with Gasteiger partial charge in [-0.2, -0.15) is 23.1 Å². The fourth-order valence-electron chi connectivity index (χ4n) is 4.22. The van der Waals surface area contributed by atoms with Crippen LogP contribution in [0.25, 0.3) is 5.82 Å². The number of Topliss-reactive ketones (excluding diaryl/α,β-unsaturated/α-hetero) is 1. The normalized spacial score (nSPS) is 11.5. The van der Waals surface area contributed by atoms with Crippen LogP contribution < -0.4 is 5.32 Å². The Hall–Kier alpha value is -4.40. The number of nitrogens with zero attached hydrogens (tertiary/aromatic N) is 8. The standard InChI is InChI=1S/C27H19Cl3F3N9O2/c1-14-7-16(28)8-19(25(44)36-12-15-4-5-23(30)35-11-15)18(14)10-22(43)21-9-17(13-41-39-26(37-40-41)27(31,32)33)38-42(21)24-20(29)3-2-6-34-24/h2-9,11H,10,12-13H2,1H3,(H,36,44). The van der Waals surface area contributed by atoms with Gasteiger partial charge in [-0.25, -0.2) is 14.6 Å². The quantitative estimate of drug-likeness (QED) is 0.165. The van der Waals surface area contributed by atoms with Gasteiger partial charge in [0.25, 0.3) is 11.7 Å². The largest absolute Gasteiger partial charge is 0.455 e. The molecule has 0 spiro atoms. The highest BCUT2D eigenvalue weighted by Gasteiger charge is 2.37. The van der Waals surface area contributed by atoms with Gasteiger partial charge in [0.2, 0.25) is 0 Å². The number of ketones is 1. The van der Waals surface area contributed by atoms with Crippen molar-refractivity contribution in [1.82, 2.24) is 45.3 Å². The van der Waals surface area contributed by atoms with Crippen LogP contribution in [0, 0.1) is 6.92 Å². The number of hydrogen-bond acceptors (Lipinski definition) is 8. The number of tetrazole rings is 1. The lowest BCUT2D eigenvalue weighted by Gasteiger charge is -2.14. The average Bonchev–Trinajstić information content (AvgIpc) is 3.62. The zero-order chi connectivity index (χ0) is 31.6. The zero-order valence-electron chi connectivity index (χ0n) is 22.5. The van der Waals surface area contributed by atoms with Gasteiger partial charge in [-0.3, -0.25) is 9.59 Å². The summed E-state index contributed by atoms with van der Waals surface area (Å²) in [6, 6.07) is 10.9. The molecule has 44 heavy (non-hydrogen) atoms. The summed E-state index contributed by atoms with van der Waals surface area (Å²) < 4.78 is 40.1. The summed E-state index contributed by atoms with van der Waals surface area (Å²) in [5.41, 5.74) is 2.00. The Bertz CT molecular complexity index is 1860. The molecule has 0 radical (unpaired) electrons. The molecule has 0 atom stereocenters. The van der Waals surface area contributed by atoms with Gasteiger partial charge in [0.1, 0.15) is 17.4 Å². The van der Waals surface area contributed by atoms with Crippen LogP contribution >= 0.6 is 34.8 Å². The van der Waals surface area contributed by atoms with Gasteiger partial charge in [0.15, 0.2) is 11.6 Å². The Kier molecular flexibility index (Phi) is 8.95. The Morgan fingerprint density at radius 1 is 1.02 bits per heavy atom. The van der Waals surface area contributed by atoms with Crippen molar-refractivity contribution in [2.45, 2.75) is 32.6 Å². The Labute approximate surface area is 262 Å². The van der Waals surface area contributed by atoms with E-state index in [9.17, 15) is 22.8 Å². The van der Waals surface area contributed by atoms with E-state index in [4.69, 9.17) is 34.8 Å². The molecule has 0 aliphatic heterocycles. The third-order valence-electron chi connectivity index (χ3n) is 6.26. The molecular formula is C27H19Cl3F3N9O2. The molecule has 0 fully saturated rings. The highest BCUT2D eigenvalue weighted by Crippen LogP contribution is 2.27. The number of pyridine rings is 2. The van der Waals surface area contributed by atoms with Crippen LogP contribution in [0.15, 0.2) is 54.9 Å². The predicted molar refractivity (Wildman–Crippen MR) is 153 cm³/mol. The molecule has 0 aliphatic carbocycles. The van der Waals surface area contributed by atoms with Crippen molar-refractivity contribution in [2.75, 3.05) is 0 Å². The number of halogens is 6. The third kappa shape index (κ3) is 7.04. The number of carbonyl (C=O) groups excluding carboxylic acids is 2. The highest BCUT2D eigenvalue weighted by molar-refractivity contribution is 6.32.